The summed E-state index contributed by atoms with van der Waals surface area (Å²) in [6, 6.07) is 2.61. The number of rotatable bonds is 4. The Kier molecular flexibility index (Phi) is 4.36. The van der Waals surface area contributed by atoms with E-state index < -0.39 is 28.5 Å². The molecule has 1 saturated carbocycles. The van der Waals surface area contributed by atoms with Crippen LogP contribution in [0.25, 0.3) is 0 Å². The van der Waals surface area contributed by atoms with E-state index in [1.54, 1.807) is 0 Å². The highest BCUT2D eigenvalue weighted by Gasteiger charge is 2.35. The van der Waals surface area contributed by atoms with E-state index in [0.29, 0.717) is 12.5 Å². The van der Waals surface area contributed by atoms with E-state index in [9.17, 15) is 28.4 Å². The van der Waals surface area contributed by atoms with Crippen molar-refractivity contribution in [2.24, 2.45) is 5.92 Å². The molecule has 0 heterocycles. The third-order valence-corrected chi connectivity index (χ3v) is 3.69. The van der Waals surface area contributed by atoms with Crippen molar-refractivity contribution < 1.29 is 23.2 Å². The molecule has 1 fully saturated rings. The molecule has 0 radical (unpaired) electrons. The van der Waals surface area contributed by atoms with Crippen LogP contribution in [0.15, 0.2) is 18.2 Å². The Balaban J connectivity index is 2.19. The van der Waals surface area contributed by atoms with Crippen LogP contribution in [0.4, 0.5) is 24.5 Å². The fourth-order valence-corrected chi connectivity index (χ4v) is 2.53. The Hall–Kier alpha value is -1.83. The number of aliphatic hydroxyl groups is 1. The molecule has 0 saturated heterocycles. The van der Waals surface area contributed by atoms with Crippen LogP contribution in [-0.2, 0) is 6.18 Å². The van der Waals surface area contributed by atoms with Crippen molar-refractivity contribution in [3.8, 4) is 0 Å². The van der Waals surface area contributed by atoms with Crippen molar-refractivity contribution >= 4 is 11.4 Å². The van der Waals surface area contributed by atoms with E-state index in [1.807, 2.05) is 0 Å². The van der Waals surface area contributed by atoms with Crippen molar-refractivity contribution in [3.05, 3.63) is 33.9 Å². The SMILES string of the molecule is O=[N+]([O-])c1ccc(NCC2CCCC2O)c(C(F)(F)F)c1. The Bertz CT molecular complexity index is 534. The Labute approximate surface area is 118 Å². The fraction of sp³-hybridized carbons (Fsp3) is 0.538. The van der Waals surface area contributed by atoms with Gasteiger partial charge in [-0.15, -0.1) is 0 Å². The van der Waals surface area contributed by atoms with Gasteiger partial charge in [0.15, 0.2) is 0 Å². The van der Waals surface area contributed by atoms with Gasteiger partial charge in [0.05, 0.1) is 16.6 Å². The van der Waals surface area contributed by atoms with Crippen molar-refractivity contribution in [3.63, 3.8) is 0 Å². The average Bonchev–Trinajstić information content (AvgIpc) is 2.80. The highest BCUT2D eigenvalue weighted by molar-refractivity contribution is 5.57. The second kappa shape index (κ2) is 5.88. The Morgan fingerprint density at radius 3 is 2.62 bits per heavy atom. The summed E-state index contributed by atoms with van der Waals surface area (Å²) in [5.74, 6) is -0.0960. The zero-order chi connectivity index (χ0) is 15.6. The first-order chi connectivity index (χ1) is 9.79. The largest absolute Gasteiger partial charge is 0.418 e. The number of nitro groups is 1. The number of halogens is 3. The number of hydrogen-bond donors (Lipinski definition) is 2. The minimum atomic E-state index is -4.68. The third kappa shape index (κ3) is 3.63. The molecule has 1 aliphatic carbocycles. The molecule has 1 aromatic rings. The standard InChI is InChI=1S/C13H15F3N2O3/c14-13(15,16)10-6-9(18(20)21)4-5-11(10)17-7-8-2-1-3-12(8)19/h4-6,8,12,17,19H,1-3,7H2. The van der Waals surface area contributed by atoms with Crippen molar-refractivity contribution in [2.45, 2.75) is 31.5 Å². The number of nitrogens with zero attached hydrogens (tertiary/aromatic N) is 1. The minimum Gasteiger partial charge on any atom is -0.393 e. The maximum atomic E-state index is 13.0. The molecule has 0 spiro atoms. The second-order valence-electron chi connectivity index (χ2n) is 5.12. The summed E-state index contributed by atoms with van der Waals surface area (Å²) in [5, 5.41) is 22.9. The normalized spacial score (nSPS) is 22.3. The van der Waals surface area contributed by atoms with Gasteiger partial charge in [0.1, 0.15) is 0 Å². The molecule has 1 aromatic carbocycles. The zero-order valence-electron chi connectivity index (χ0n) is 11.1. The van der Waals surface area contributed by atoms with Gasteiger partial charge in [-0.25, -0.2) is 0 Å². The quantitative estimate of drug-likeness (QED) is 0.661. The number of nitrogens with one attached hydrogen (secondary N) is 1. The maximum absolute atomic E-state index is 13.0. The molecule has 2 rings (SSSR count). The van der Waals surface area contributed by atoms with Crippen molar-refractivity contribution in [1.29, 1.82) is 0 Å². The van der Waals surface area contributed by atoms with Crippen LogP contribution in [0, 0.1) is 16.0 Å². The van der Waals surface area contributed by atoms with Gasteiger partial charge in [0.2, 0.25) is 0 Å². The molecule has 5 nitrogen and oxygen atoms in total. The van der Waals surface area contributed by atoms with Crippen LogP contribution < -0.4 is 5.32 Å². The van der Waals surface area contributed by atoms with Crippen LogP contribution in [0.3, 0.4) is 0 Å². The lowest BCUT2D eigenvalue weighted by atomic mass is 10.1. The lowest BCUT2D eigenvalue weighted by Gasteiger charge is -2.18. The van der Waals surface area contributed by atoms with E-state index in [1.165, 1.54) is 0 Å². The van der Waals surface area contributed by atoms with Gasteiger partial charge >= 0.3 is 6.18 Å². The summed E-state index contributed by atoms with van der Waals surface area (Å²) in [4.78, 5) is 9.72. The van der Waals surface area contributed by atoms with Gasteiger partial charge in [-0.1, -0.05) is 6.42 Å². The molecule has 8 heteroatoms. The molecule has 0 bridgehead atoms. The first-order valence-corrected chi connectivity index (χ1v) is 6.56. The molecule has 1 aliphatic rings. The Morgan fingerprint density at radius 1 is 1.38 bits per heavy atom. The summed E-state index contributed by atoms with van der Waals surface area (Å²) < 4.78 is 38.9. The van der Waals surface area contributed by atoms with Gasteiger partial charge in [-0.05, 0) is 18.9 Å². The molecule has 2 N–H and O–H groups in total. The fourth-order valence-electron chi connectivity index (χ4n) is 2.53. The van der Waals surface area contributed by atoms with E-state index in [2.05, 4.69) is 5.32 Å². The molecule has 0 aliphatic heterocycles. The molecule has 0 aromatic heterocycles. The third-order valence-electron chi connectivity index (χ3n) is 3.69. The van der Waals surface area contributed by atoms with Crippen LogP contribution >= 0.6 is 0 Å². The van der Waals surface area contributed by atoms with E-state index in [-0.39, 0.29) is 18.2 Å². The first-order valence-electron chi connectivity index (χ1n) is 6.56. The number of nitro benzene ring substituents is 1. The van der Waals surface area contributed by atoms with Crippen molar-refractivity contribution in [2.75, 3.05) is 11.9 Å². The highest BCUT2D eigenvalue weighted by atomic mass is 19.4. The van der Waals surface area contributed by atoms with E-state index in [0.717, 1.165) is 25.0 Å². The van der Waals surface area contributed by atoms with Crippen molar-refractivity contribution in [1.82, 2.24) is 0 Å². The smallest absolute Gasteiger partial charge is 0.393 e. The van der Waals surface area contributed by atoms with Gasteiger partial charge in [-0.3, -0.25) is 10.1 Å². The van der Waals surface area contributed by atoms with Gasteiger partial charge in [-0.2, -0.15) is 13.2 Å². The summed E-state index contributed by atoms with van der Waals surface area (Å²) in [6.07, 6.45) is -2.94. The summed E-state index contributed by atoms with van der Waals surface area (Å²) >= 11 is 0. The lowest BCUT2D eigenvalue weighted by Crippen LogP contribution is -2.23. The van der Waals surface area contributed by atoms with Crippen LogP contribution in [0.1, 0.15) is 24.8 Å². The maximum Gasteiger partial charge on any atom is 0.418 e. The molecular weight excluding hydrogens is 289 g/mol. The second-order valence-corrected chi connectivity index (χ2v) is 5.12. The topological polar surface area (TPSA) is 75.4 Å². The highest BCUT2D eigenvalue weighted by Crippen LogP contribution is 2.37. The minimum absolute atomic E-state index is 0.0960. The molecule has 116 valence electrons. The average molecular weight is 304 g/mol. The van der Waals surface area contributed by atoms with Gasteiger partial charge in [0, 0.05) is 30.3 Å². The van der Waals surface area contributed by atoms with Gasteiger partial charge < -0.3 is 10.4 Å². The number of non-ortho nitro benzene ring substituents is 1. The molecular formula is C13H15F3N2O3. The number of hydrogen-bond acceptors (Lipinski definition) is 4. The predicted octanol–water partition coefficient (Wildman–Crippen LogP) is 3.19. The lowest BCUT2D eigenvalue weighted by molar-refractivity contribution is -0.385. The van der Waals surface area contributed by atoms with Crippen LogP contribution in [-0.4, -0.2) is 22.7 Å². The molecule has 2 atom stereocenters. The Morgan fingerprint density at radius 2 is 2.10 bits per heavy atom. The summed E-state index contributed by atoms with van der Waals surface area (Å²) in [7, 11) is 0. The van der Waals surface area contributed by atoms with E-state index in [4.69, 9.17) is 0 Å². The van der Waals surface area contributed by atoms with E-state index >= 15 is 0 Å². The molecule has 21 heavy (non-hydrogen) atoms. The van der Waals surface area contributed by atoms with Crippen LogP contribution in [0.2, 0.25) is 0 Å². The van der Waals surface area contributed by atoms with Crippen LogP contribution in [0.5, 0.6) is 0 Å². The first kappa shape index (κ1) is 15.6. The van der Waals surface area contributed by atoms with Gasteiger partial charge in [0.25, 0.3) is 5.69 Å². The monoisotopic (exact) mass is 304 g/mol. The number of alkyl halides is 3. The summed E-state index contributed by atoms with van der Waals surface area (Å²) in [6.45, 7) is 0.210. The number of aliphatic hydroxyl groups excluding tert-OH is 1. The summed E-state index contributed by atoms with van der Waals surface area (Å²) in [5.41, 5.74) is -1.87. The number of benzene rings is 1. The molecule has 0 amide bonds. The zero-order valence-corrected chi connectivity index (χ0v) is 11.1. The predicted molar refractivity (Wildman–Crippen MR) is 69.9 cm³/mol. The number of anilines is 1. The molecule has 2 unspecified atom stereocenters.